The third-order valence-corrected chi connectivity index (χ3v) is 3.83. The Hall–Kier alpha value is -1.37. The lowest BCUT2D eigenvalue weighted by molar-refractivity contribution is 0.869. The first-order valence-electron chi connectivity index (χ1n) is 5.33. The van der Waals surface area contributed by atoms with Crippen LogP contribution < -0.4 is 10.6 Å². The second-order valence-electron chi connectivity index (χ2n) is 3.88. The van der Waals surface area contributed by atoms with Crippen molar-refractivity contribution in [3.63, 3.8) is 0 Å². The van der Waals surface area contributed by atoms with Crippen LogP contribution in [-0.2, 0) is 0 Å². The lowest BCUT2D eigenvalue weighted by Gasteiger charge is -2.22. The smallest absolute Gasteiger partial charge is 0.160 e. The van der Waals surface area contributed by atoms with Crippen LogP contribution >= 0.6 is 23.4 Å². The highest BCUT2D eigenvalue weighted by molar-refractivity contribution is 8.00. The Bertz CT molecular complexity index is 606. The summed E-state index contributed by atoms with van der Waals surface area (Å²) in [6, 6.07) is 5.62. The van der Waals surface area contributed by atoms with Crippen LogP contribution in [0.3, 0.4) is 0 Å². The molecule has 0 aromatic carbocycles. The fourth-order valence-corrected chi connectivity index (χ4v) is 3.04. The van der Waals surface area contributed by atoms with Gasteiger partial charge in [0.15, 0.2) is 11.0 Å². The molecule has 3 heterocycles. The number of fused-ring (bicyclic) bond motifs is 1. The van der Waals surface area contributed by atoms with E-state index < -0.39 is 0 Å². The molecular weight excluding hydrogens is 270 g/mol. The van der Waals surface area contributed by atoms with Crippen molar-refractivity contribution >= 4 is 34.9 Å². The molecule has 18 heavy (non-hydrogen) atoms. The summed E-state index contributed by atoms with van der Waals surface area (Å²) in [4.78, 5) is 6.22. The van der Waals surface area contributed by atoms with Crippen LogP contribution in [0.15, 0.2) is 29.4 Å². The third kappa shape index (κ3) is 1.82. The van der Waals surface area contributed by atoms with E-state index in [2.05, 4.69) is 15.2 Å². The van der Waals surface area contributed by atoms with Gasteiger partial charge in [-0.25, -0.2) is 4.98 Å². The topological polar surface area (TPSA) is 67.9 Å². The lowest BCUT2D eigenvalue weighted by atomic mass is 10.3. The average molecular weight is 280 g/mol. The summed E-state index contributed by atoms with van der Waals surface area (Å²) >= 11 is 7.32. The van der Waals surface area contributed by atoms with Gasteiger partial charge in [0, 0.05) is 6.20 Å². The summed E-state index contributed by atoms with van der Waals surface area (Å²) in [7, 11) is 0. The zero-order valence-corrected chi connectivity index (χ0v) is 11.1. The van der Waals surface area contributed by atoms with E-state index in [-0.39, 0.29) is 5.50 Å². The third-order valence-electron chi connectivity index (χ3n) is 2.65. The second kappa shape index (κ2) is 4.38. The summed E-state index contributed by atoms with van der Waals surface area (Å²) in [5.74, 6) is 0.714. The number of halogens is 1. The van der Waals surface area contributed by atoms with Crippen molar-refractivity contribution in [3.8, 4) is 0 Å². The normalized spacial score (nSPS) is 17.9. The van der Waals surface area contributed by atoms with Crippen LogP contribution in [0.1, 0.15) is 5.56 Å². The second-order valence-corrected chi connectivity index (χ2v) is 5.37. The van der Waals surface area contributed by atoms with Crippen molar-refractivity contribution in [2.75, 3.05) is 4.90 Å². The molecule has 1 aliphatic rings. The van der Waals surface area contributed by atoms with Gasteiger partial charge >= 0.3 is 0 Å². The number of pyridine rings is 1. The van der Waals surface area contributed by atoms with Crippen molar-refractivity contribution < 1.29 is 0 Å². The Kier molecular flexibility index (Phi) is 2.85. The predicted molar refractivity (Wildman–Crippen MR) is 72.0 cm³/mol. The Morgan fingerprint density at radius 1 is 1.44 bits per heavy atom. The highest BCUT2D eigenvalue weighted by atomic mass is 35.5. The van der Waals surface area contributed by atoms with Gasteiger partial charge in [-0.3, -0.25) is 4.90 Å². The minimum absolute atomic E-state index is 0.246. The summed E-state index contributed by atoms with van der Waals surface area (Å²) in [6.07, 6.45) is 1.75. The molecule has 5 nitrogen and oxygen atoms in total. The molecule has 0 saturated carbocycles. The molecule has 0 saturated heterocycles. The van der Waals surface area contributed by atoms with E-state index in [0.29, 0.717) is 11.0 Å². The van der Waals surface area contributed by atoms with Crippen molar-refractivity contribution in [2.24, 2.45) is 5.73 Å². The van der Waals surface area contributed by atoms with E-state index in [1.165, 1.54) is 11.8 Å². The number of anilines is 2. The SMILES string of the molecule is Cc1cc(Cl)nnc1N1c2cccnc2SC1N. The van der Waals surface area contributed by atoms with Crippen LogP contribution in [0.2, 0.25) is 5.15 Å². The van der Waals surface area contributed by atoms with Crippen molar-refractivity contribution in [2.45, 2.75) is 17.4 Å². The molecule has 0 radical (unpaired) electrons. The van der Waals surface area contributed by atoms with Crippen LogP contribution in [0, 0.1) is 6.92 Å². The first-order chi connectivity index (χ1) is 8.66. The van der Waals surface area contributed by atoms with Gasteiger partial charge < -0.3 is 5.73 Å². The zero-order valence-electron chi connectivity index (χ0n) is 9.54. The van der Waals surface area contributed by atoms with E-state index in [9.17, 15) is 0 Å². The Balaban J connectivity index is 2.12. The van der Waals surface area contributed by atoms with E-state index in [4.69, 9.17) is 17.3 Å². The number of aromatic nitrogens is 3. The number of hydrogen-bond donors (Lipinski definition) is 1. The first-order valence-corrected chi connectivity index (χ1v) is 6.59. The van der Waals surface area contributed by atoms with Crippen molar-refractivity contribution in [1.82, 2.24) is 15.2 Å². The molecule has 2 N–H and O–H groups in total. The highest BCUT2D eigenvalue weighted by Gasteiger charge is 2.31. The van der Waals surface area contributed by atoms with Crippen LogP contribution in [-0.4, -0.2) is 20.7 Å². The van der Waals surface area contributed by atoms with Crippen molar-refractivity contribution in [3.05, 3.63) is 35.1 Å². The van der Waals surface area contributed by atoms with Crippen LogP contribution in [0.25, 0.3) is 0 Å². The monoisotopic (exact) mass is 279 g/mol. The fraction of sp³-hybridized carbons (Fsp3) is 0.182. The molecule has 3 rings (SSSR count). The quantitative estimate of drug-likeness (QED) is 0.864. The molecular formula is C11H10ClN5S. The molecule has 2 aromatic heterocycles. The van der Waals surface area contributed by atoms with Crippen molar-refractivity contribution in [1.29, 1.82) is 0 Å². The molecule has 0 aliphatic carbocycles. The average Bonchev–Trinajstić information content (AvgIpc) is 2.66. The molecule has 0 spiro atoms. The Labute approximate surface area is 113 Å². The molecule has 0 fully saturated rings. The number of nitrogens with two attached hydrogens (primary N) is 1. The number of hydrogen-bond acceptors (Lipinski definition) is 6. The number of thioether (sulfide) groups is 1. The van der Waals surface area contributed by atoms with E-state index in [0.717, 1.165) is 16.3 Å². The molecule has 1 atom stereocenters. The van der Waals surface area contributed by atoms with Crippen LogP contribution in [0.4, 0.5) is 11.5 Å². The maximum absolute atomic E-state index is 6.12. The van der Waals surface area contributed by atoms with Gasteiger partial charge in [-0.1, -0.05) is 23.4 Å². The van der Waals surface area contributed by atoms with Gasteiger partial charge in [0.25, 0.3) is 0 Å². The van der Waals surface area contributed by atoms with Gasteiger partial charge in [0.1, 0.15) is 10.5 Å². The molecule has 7 heteroatoms. The maximum Gasteiger partial charge on any atom is 0.160 e. The Morgan fingerprint density at radius 2 is 2.28 bits per heavy atom. The van der Waals surface area contributed by atoms with E-state index in [1.807, 2.05) is 24.0 Å². The summed E-state index contributed by atoms with van der Waals surface area (Å²) in [5, 5.41) is 9.29. The molecule has 2 aromatic rings. The summed E-state index contributed by atoms with van der Waals surface area (Å²) < 4.78 is 0. The zero-order chi connectivity index (χ0) is 12.7. The number of rotatable bonds is 1. The minimum atomic E-state index is -0.246. The fourth-order valence-electron chi connectivity index (χ4n) is 1.88. The summed E-state index contributed by atoms with van der Waals surface area (Å²) in [6.45, 7) is 1.93. The highest BCUT2D eigenvalue weighted by Crippen LogP contribution is 2.44. The van der Waals surface area contributed by atoms with E-state index in [1.54, 1.807) is 12.3 Å². The first kappa shape index (κ1) is 11.7. The predicted octanol–water partition coefficient (Wildman–Crippen LogP) is 2.32. The molecule has 0 amide bonds. The maximum atomic E-state index is 6.12. The minimum Gasteiger partial charge on any atom is -0.302 e. The Morgan fingerprint density at radius 3 is 3.06 bits per heavy atom. The van der Waals surface area contributed by atoms with Gasteiger partial charge in [0.05, 0.1) is 5.69 Å². The van der Waals surface area contributed by atoms with E-state index >= 15 is 0 Å². The van der Waals surface area contributed by atoms with Crippen LogP contribution in [0.5, 0.6) is 0 Å². The molecule has 1 unspecified atom stereocenters. The van der Waals surface area contributed by atoms with Gasteiger partial charge in [-0.2, -0.15) is 0 Å². The lowest BCUT2D eigenvalue weighted by Crippen LogP contribution is -2.33. The number of nitrogens with zero attached hydrogens (tertiary/aromatic N) is 4. The van der Waals surface area contributed by atoms with Gasteiger partial charge in [0.2, 0.25) is 0 Å². The largest absolute Gasteiger partial charge is 0.302 e. The molecule has 0 bridgehead atoms. The number of aryl methyl sites for hydroxylation is 1. The standard InChI is InChI=1S/C11H10ClN5S/c1-6-5-8(12)15-16-9(6)17-7-3-2-4-14-10(7)18-11(17)13/h2-5,11H,13H2,1H3. The summed E-state index contributed by atoms with van der Waals surface area (Å²) in [5.41, 5.74) is 7.76. The molecule has 92 valence electrons. The van der Waals surface area contributed by atoms with Gasteiger partial charge in [-0.15, -0.1) is 10.2 Å². The van der Waals surface area contributed by atoms with Gasteiger partial charge in [-0.05, 0) is 30.7 Å². The molecule has 1 aliphatic heterocycles.